The molecule has 5 heteroatoms. The first kappa shape index (κ1) is 15.7. The Balaban J connectivity index is 1.87. The third-order valence-electron chi connectivity index (χ3n) is 4.43. The van der Waals surface area contributed by atoms with Crippen LogP contribution in [0.25, 0.3) is 5.69 Å². The van der Waals surface area contributed by atoms with Crippen LogP contribution in [0.4, 0.5) is 5.69 Å². The van der Waals surface area contributed by atoms with Gasteiger partial charge in [0.15, 0.2) is 0 Å². The number of amides is 1. The van der Waals surface area contributed by atoms with Crippen molar-refractivity contribution in [2.24, 2.45) is 0 Å². The molecule has 1 amide bonds. The van der Waals surface area contributed by atoms with E-state index in [2.05, 4.69) is 32.8 Å². The highest BCUT2D eigenvalue weighted by atomic mass is 16.1. The molecule has 1 atom stereocenters. The Bertz CT molecular complexity index is 679. The molecule has 3 rings (SSSR count). The van der Waals surface area contributed by atoms with E-state index in [0.29, 0.717) is 5.92 Å². The minimum atomic E-state index is -0.0566. The number of anilines is 1. The number of nitrogens with one attached hydrogen (secondary N) is 1. The Morgan fingerprint density at radius 1 is 1.43 bits per heavy atom. The Morgan fingerprint density at radius 2 is 2.30 bits per heavy atom. The molecule has 23 heavy (non-hydrogen) atoms. The summed E-state index contributed by atoms with van der Waals surface area (Å²) in [5.41, 5.74) is 1.85. The van der Waals surface area contributed by atoms with Gasteiger partial charge in [-0.25, -0.2) is 4.98 Å². The zero-order chi connectivity index (χ0) is 16.2. The second-order valence-corrected chi connectivity index (χ2v) is 6.12. The van der Waals surface area contributed by atoms with Gasteiger partial charge in [0, 0.05) is 43.2 Å². The number of rotatable bonds is 4. The van der Waals surface area contributed by atoms with Gasteiger partial charge in [0.05, 0.1) is 0 Å². The fourth-order valence-corrected chi connectivity index (χ4v) is 3.33. The van der Waals surface area contributed by atoms with Crippen LogP contribution in [0.3, 0.4) is 0 Å². The van der Waals surface area contributed by atoms with Crippen molar-refractivity contribution in [3.8, 4) is 5.69 Å². The summed E-state index contributed by atoms with van der Waals surface area (Å²) in [6.07, 6.45) is 6.27. The summed E-state index contributed by atoms with van der Waals surface area (Å²) in [6.45, 7) is 7.09. The van der Waals surface area contributed by atoms with Gasteiger partial charge in [-0.15, -0.1) is 0 Å². The Labute approximate surface area is 137 Å². The lowest BCUT2D eigenvalue weighted by atomic mass is 9.97. The van der Waals surface area contributed by atoms with Gasteiger partial charge in [-0.05, 0) is 44.1 Å². The number of likely N-dealkylation sites (tertiary alicyclic amines) is 1. The highest BCUT2D eigenvalue weighted by molar-refractivity contribution is 5.88. The van der Waals surface area contributed by atoms with Crippen LogP contribution >= 0.6 is 0 Å². The predicted molar refractivity (Wildman–Crippen MR) is 92.0 cm³/mol. The maximum atomic E-state index is 11.3. The van der Waals surface area contributed by atoms with Crippen molar-refractivity contribution >= 4 is 11.6 Å². The second kappa shape index (κ2) is 6.96. The Kier molecular flexibility index (Phi) is 4.76. The first-order valence-electron chi connectivity index (χ1n) is 8.31. The van der Waals surface area contributed by atoms with Crippen molar-refractivity contribution in [2.45, 2.75) is 32.6 Å². The van der Waals surface area contributed by atoms with Crippen molar-refractivity contribution in [1.29, 1.82) is 0 Å². The number of likely N-dealkylation sites (N-methyl/N-ethyl adjacent to an activating group) is 1. The molecular formula is C18H24N4O. The van der Waals surface area contributed by atoms with Gasteiger partial charge in [-0.3, -0.25) is 4.79 Å². The fourth-order valence-electron chi connectivity index (χ4n) is 3.33. The zero-order valence-corrected chi connectivity index (χ0v) is 13.8. The SMILES string of the molecule is CCN1CCCC(c2nccn2-c2cccc(NC(C)=O)c2)C1. The molecule has 2 aromatic rings. The molecule has 1 N–H and O–H groups in total. The van der Waals surface area contributed by atoms with Crippen LogP contribution in [-0.2, 0) is 4.79 Å². The quantitative estimate of drug-likeness (QED) is 0.944. The van der Waals surface area contributed by atoms with Crippen molar-refractivity contribution in [2.75, 3.05) is 25.0 Å². The van der Waals surface area contributed by atoms with E-state index in [4.69, 9.17) is 0 Å². The second-order valence-electron chi connectivity index (χ2n) is 6.12. The number of carbonyl (C=O) groups excluding carboxylic acids is 1. The van der Waals surface area contributed by atoms with E-state index in [1.807, 2.05) is 30.6 Å². The monoisotopic (exact) mass is 312 g/mol. The molecule has 1 fully saturated rings. The number of benzene rings is 1. The maximum absolute atomic E-state index is 11.3. The molecule has 0 saturated carbocycles. The average Bonchev–Trinajstić information content (AvgIpc) is 3.04. The minimum absolute atomic E-state index is 0.0566. The summed E-state index contributed by atoms with van der Waals surface area (Å²) in [7, 11) is 0. The predicted octanol–water partition coefficient (Wildman–Crippen LogP) is 3.03. The van der Waals surface area contributed by atoms with Crippen molar-refractivity contribution in [1.82, 2.24) is 14.5 Å². The lowest BCUT2D eigenvalue weighted by Crippen LogP contribution is -2.35. The minimum Gasteiger partial charge on any atom is -0.326 e. The lowest BCUT2D eigenvalue weighted by Gasteiger charge is -2.31. The van der Waals surface area contributed by atoms with Crippen LogP contribution in [0.2, 0.25) is 0 Å². The first-order valence-corrected chi connectivity index (χ1v) is 8.31. The normalized spacial score (nSPS) is 18.8. The average molecular weight is 312 g/mol. The number of hydrogen-bond donors (Lipinski definition) is 1. The Hall–Kier alpha value is -2.14. The van der Waals surface area contributed by atoms with Crippen LogP contribution in [-0.4, -0.2) is 40.0 Å². The summed E-state index contributed by atoms with van der Waals surface area (Å²) < 4.78 is 2.15. The first-order chi connectivity index (χ1) is 11.2. The smallest absolute Gasteiger partial charge is 0.221 e. The van der Waals surface area contributed by atoms with Gasteiger partial charge >= 0.3 is 0 Å². The van der Waals surface area contributed by atoms with Gasteiger partial charge in [0.2, 0.25) is 5.91 Å². The van der Waals surface area contributed by atoms with E-state index in [1.165, 1.54) is 26.3 Å². The molecule has 122 valence electrons. The van der Waals surface area contributed by atoms with E-state index in [-0.39, 0.29) is 5.91 Å². The molecule has 5 nitrogen and oxygen atoms in total. The van der Waals surface area contributed by atoms with E-state index < -0.39 is 0 Å². The molecule has 0 bridgehead atoms. The summed E-state index contributed by atoms with van der Waals surface area (Å²) in [6, 6.07) is 7.91. The highest BCUT2D eigenvalue weighted by Gasteiger charge is 2.24. The van der Waals surface area contributed by atoms with Crippen LogP contribution in [0.5, 0.6) is 0 Å². The van der Waals surface area contributed by atoms with Gasteiger partial charge in [0.25, 0.3) is 0 Å². The van der Waals surface area contributed by atoms with Crippen molar-refractivity contribution in [3.05, 3.63) is 42.5 Å². The number of aromatic nitrogens is 2. The standard InChI is InChI=1S/C18H24N4O/c1-3-21-10-5-6-15(13-21)18-19-9-11-22(18)17-8-4-7-16(12-17)20-14(2)23/h4,7-9,11-12,15H,3,5-6,10,13H2,1-2H3,(H,20,23). The highest BCUT2D eigenvalue weighted by Crippen LogP contribution is 2.28. The number of imidazole rings is 1. The number of piperidine rings is 1. The van der Waals surface area contributed by atoms with Crippen LogP contribution in [0, 0.1) is 0 Å². The van der Waals surface area contributed by atoms with Gasteiger partial charge in [-0.1, -0.05) is 13.0 Å². The molecular weight excluding hydrogens is 288 g/mol. The van der Waals surface area contributed by atoms with E-state index >= 15 is 0 Å². The molecule has 0 radical (unpaired) electrons. The third-order valence-corrected chi connectivity index (χ3v) is 4.43. The molecule has 1 unspecified atom stereocenters. The summed E-state index contributed by atoms with van der Waals surface area (Å²) >= 11 is 0. The summed E-state index contributed by atoms with van der Waals surface area (Å²) in [5.74, 6) is 1.52. The lowest BCUT2D eigenvalue weighted by molar-refractivity contribution is -0.114. The molecule has 0 aliphatic carbocycles. The fraction of sp³-hybridized carbons (Fsp3) is 0.444. The molecule has 1 aliphatic rings. The maximum Gasteiger partial charge on any atom is 0.221 e. The van der Waals surface area contributed by atoms with Crippen LogP contribution < -0.4 is 5.32 Å². The number of hydrogen-bond acceptors (Lipinski definition) is 3. The summed E-state index contributed by atoms with van der Waals surface area (Å²) in [5, 5.41) is 2.84. The van der Waals surface area contributed by atoms with Gasteiger partial charge < -0.3 is 14.8 Å². The topological polar surface area (TPSA) is 50.2 Å². The molecule has 1 saturated heterocycles. The largest absolute Gasteiger partial charge is 0.326 e. The molecule has 2 heterocycles. The van der Waals surface area contributed by atoms with E-state index in [0.717, 1.165) is 30.3 Å². The van der Waals surface area contributed by atoms with Crippen molar-refractivity contribution < 1.29 is 4.79 Å². The molecule has 0 spiro atoms. The molecule has 1 aromatic carbocycles. The number of carbonyl (C=O) groups is 1. The van der Waals surface area contributed by atoms with Gasteiger partial charge in [-0.2, -0.15) is 0 Å². The third kappa shape index (κ3) is 3.62. The number of nitrogens with zero attached hydrogens (tertiary/aromatic N) is 3. The molecule has 1 aromatic heterocycles. The van der Waals surface area contributed by atoms with E-state index in [9.17, 15) is 4.79 Å². The summed E-state index contributed by atoms with van der Waals surface area (Å²) in [4.78, 5) is 18.4. The van der Waals surface area contributed by atoms with Crippen LogP contribution in [0.15, 0.2) is 36.7 Å². The van der Waals surface area contributed by atoms with Crippen molar-refractivity contribution in [3.63, 3.8) is 0 Å². The molecule has 1 aliphatic heterocycles. The Morgan fingerprint density at radius 3 is 3.09 bits per heavy atom. The van der Waals surface area contributed by atoms with E-state index in [1.54, 1.807) is 0 Å². The zero-order valence-electron chi connectivity index (χ0n) is 13.8. The van der Waals surface area contributed by atoms with Gasteiger partial charge in [0.1, 0.15) is 5.82 Å². The van der Waals surface area contributed by atoms with Crippen LogP contribution in [0.1, 0.15) is 38.4 Å².